The lowest BCUT2D eigenvalue weighted by Crippen LogP contribution is -2.46. The van der Waals surface area contributed by atoms with E-state index < -0.39 is 6.10 Å². The van der Waals surface area contributed by atoms with Gasteiger partial charge in [-0.1, -0.05) is 6.07 Å². The van der Waals surface area contributed by atoms with Crippen molar-refractivity contribution in [2.75, 3.05) is 6.54 Å². The largest absolute Gasteiger partial charge is 0.383 e. The van der Waals surface area contributed by atoms with E-state index >= 15 is 0 Å². The average molecular weight is 238 g/mol. The van der Waals surface area contributed by atoms with E-state index in [1.807, 2.05) is 18.3 Å². The molecule has 1 fully saturated rings. The molecule has 1 aliphatic rings. The van der Waals surface area contributed by atoms with E-state index in [9.17, 15) is 9.90 Å². The third-order valence-electron chi connectivity index (χ3n) is 2.50. The number of nitrogens with one attached hydrogen (secondary N) is 1. The summed E-state index contributed by atoms with van der Waals surface area (Å²) < 4.78 is 0. The van der Waals surface area contributed by atoms with Crippen LogP contribution in [0.4, 0.5) is 0 Å². The zero-order valence-electron chi connectivity index (χ0n) is 8.80. The molecule has 0 aliphatic carbocycles. The topological polar surface area (TPSA) is 62.2 Å². The number of aliphatic hydroxyl groups excluding tert-OH is 1. The predicted molar refractivity (Wildman–Crippen MR) is 63.0 cm³/mol. The number of aliphatic hydroxyl groups is 1. The van der Waals surface area contributed by atoms with Crippen molar-refractivity contribution in [1.82, 2.24) is 10.3 Å². The molecule has 86 valence electrons. The number of thioether (sulfide) groups is 1. The van der Waals surface area contributed by atoms with Crippen LogP contribution in [0.3, 0.4) is 0 Å². The molecule has 2 rings (SSSR count). The number of nitrogens with zero attached hydrogens (tertiary/aromatic N) is 1. The van der Waals surface area contributed by atoms with Crippen molar-refractivity contribution >= 4 is 17.7 Å². The van der Waals surface area contributed by atoms with Crippen LogP contribution < -0.4 is 5.32 Å². The van der Waals surface area contributed by atoms with Crippen LogP contribution in [0.5, 0.6) is 0 Å². The van der Waals surface area contributed by atoms with Crippen LogP contribution in [0.25, 0.3) is 0 Å². The minimum atomic E-state index is -0.847. The van der Waals surface area contributed by atoms with E-state index in [4.69, 9.17) is 0 Å². The number of carbonyl (C=O) groups is 1. The van der Waals surface area contributed by atoms with Gasteiger partial charge in [0, 0.05) is 29.9 Å². The van der Waals surface area contributed by atoms with Crippen LogP contribution in [0.2, 0.25) is 0 Å². The first-order valence-electron chi connectivity index (χ1n) is 5.22. The first-order chi connectivity index (χ1) is 7.75. The molecule has 2 atom stereocenters. The minimum Gasteiger partial charge on any atom is -0.383 e. The summed E-state index contributed by atoms with van der Waals surface area (Å²) in [5.41, 5.74) is 1.17. The Balaban J connectivity index is 1.81. The van der Waals surface area contributed by atoms with Crippen molar-refractivity contribution in [1.29, 1.82) is 0 Å². The van der Waals surface area contributed by atoms with Crippen molar-refractivity contribution in [3.8, 4) is 0 Å². The van der Waals surface area contributed by atoms with Crippen molar-refractivity contribution in [3.05, 3.63) is 30.1 Å². The smallest absolute Gasteiger partial charge is 0.248 e. The van der Waals surface area contributed by atoms with Gasteiger partial charge in [0.05, 0.1) is 0 Å². The maximum absolute atomic E-state index is 11.0. The lowest BCUT2D eigenvalue weighted by Gasteiger charge is -2.25. The predicted octanol–water partition coefficient (Wildman–Crippen LogP) is 0.564. The summed E-state index contributed by atoms with van der Waals surface area (Å²) in [7, 11) is 0. The highest BCUT2D eigenvalue weighted by molar-refractivity contribution is 7.99. The Kier molecular flexibility index (Phi) is 3.79. The molecule has 0 radical (unpaired) electrons. The Bertz CT molecular complexity index is 358. The molecule has 1 aromatic rings. The van der Waals surface area contributed by atoms with Crippen LogP contribution in [-0.4, -0.2) is 33.9 Å². The summed E-state index contributed by atoms with van der Waals surface area (Å²) in [6.07, 6.45) is 3.28. The van der Waals surface area contributed by atoms with Gasteiger partial charge in [-0.05, 0) is 18.1 Å². The molecule has 16 heavy (non-hydrogen) atoms. The van der Waals surface area contributed by atoms with Gasteiger partial charge in [0.2, 0.25) is 5.91 Å². The van der Waals surface area contributed by atoms with Crippen molar-refractivity contribution in [3.63, 3.8) is 0 Å². The van der Waals surface area contributed by atoms with Gasteiger partial charge < -0.3 is 10.4 Å². The second kappa shape index (κ2) is 5.32. The van der Waals surface area contributed by atoms with Gasteiger partial charge in [-0.3, -0.25) is 9.78 Å². The van der Waals surface area contributed by atoms with Crippen molar-refractivity contribution in [2.45, 2.75) is 23.5 Å². The Labute approximate surface area is 98.5 Å². The monoisotopic (exact) mass is 238 g/mol. The molecule has 0 aromatic carbocycles. The summed E-state index contributed by atoms with van der Waals surface area (Å²) in [6.45, 7) is 0.640. The van der Waals surface area contributed by atoms with Gasteiger partial charge in [0.15, 0.2) is 0 Å². The Morgan fingerprint density at radius 3 is 3.19 bits per heavy atom. The minimum absolute atomic E-state index is 0.252. The van der Waals surface area contributed by atoms with Crippen LogP contribution in [0, 0.1) is 0 Å². The molecule has 2 heterocycles. The molecular weight excluding hydrogens is 224 g/mol. The van der Waals surface area contributed by atoms with Crippen LogP contribution in [-0.2, 0) is 10.5 Å². The molecule has 2 unspecified atom stereocenters. The summed E-state index contributed by atoms with van der Waals surface area (Å²) >= 11 is 1.74. The standard InChI is InChI=1S/C11H14N2O2S/c14-10-4-9(6-13-11(10)15)16-7-8-2-1-3-12-5-8/h1-3,5,9-10,14H,4,6-7H2,(H,13,15). The highest BCUT2D eigenvalue weighted by atomic mass is 32.2. The van der Waals surface area contributed by atoms with Crippen LogP contribution in [0.15, 0.2) is 24.5 Å². The van der Waals surface area contributed by atoms with Gasteiger partial charge in [-0.2, -0.15) is 11.8 Å². The van der Waals surface area contributed by atoms with E-state index in [0.29, 0.717) is 13.0 Å². The van der Waals surface area contributed by atoms with Gasteiger partial charge in [-0.15, -0.1) is 0 Å². The number of aromatic nitrogens is 1. The third kappa shape index (κ3) is 2.96. The van der Waals surface area contributed by atoms with Gasteiger partial charge in [0.1, 0.15) is 6.10 Å². The van der Waals surface area contributed by atoms with E-state index in [2.05, 4.69) is 10.3 Å². The summed E-state index contributed by atoms with van der Waals surface area (Å²) in [5, 5.41) is 12.4. The molecule has 2 N–H and O–H groups in total. The number of rotatable bonds is 3. The van der Waals surface area contributed by atoms with Crippen molar-refractivity contribution < 1.29 is 9.90 Å². The zero-order valence-corrected chi connectivity index (χ0v) is 9.61. The lowest BCUT2D eigenvalue weighted by molar-refractivity contribution is -0.131. The molecule has 1 saturated heterocycles. The molecule has 4 nitrogen and oxygen atoms in total. The van der Waals surface area contributed by atoms with E-state index in [0.717, 1.165) is 5.75 Å². The molecule has 1 aliphatic heterocycles. The van der Waals surface area contributed by atoms with Crippen LogP contribution >= 0.6 is 11.8 Å². The quantitative estimate of drug-likeness (QED) is 0.808. The fourth-order valence-electron chi connectivity index (χ4n) is 1.60. The maximum Gasteiger partial charge on any atom is 0.248 e. The highest BCUT2D eigenvalue weighted by Gasteiger charge is 2.26. The third-order valence-corrected chi connectivity index (χ3v) is 3.83. The number of carbonyl (C=O) groups excluding carboxylic acids is 1. The second-order valence-electron chi connectivity index (χ2n) is 3.79. The Morgan fingerprint density at radius 2 is 2.50 bits per heavy atom. The Morgan fingerprint density at radius 1 is 1.62 bits per heavy atom. The lowest BCUT2D eigenvalue weighted by atomic mass is 10.1. The van der Waals surface area contributed by atoms with E-state index in [1.54, 1.807) is 18.0 Å². The molecule has 1 amide bonds. The SMILES string of the molecule is O=C1NCC(SCc2cccnc2)CC1O. The average Bonchev–Trinajstić information content (AvgIpc) is 2.32. The highest BCUT2D eigenvalue weighted by Crippen LogP contribution is 2.22. The molecular formula is C11H14N2O2S. The van der Waals surface area contributed by atoms with Gasteiger partial charge in [-0.25, -0.2) is 0 Å². The molecule has 0 saturated carbocycles. The summed E-state index contributed by atoms with van der Waals surface area (Å²) in [5.74, 6) is 0.611. The number of pyridine rings is 1. The van der Waals surface area contributed by atoms with Gasteiger partial charge >= 0.3 is 0 Å². The summed E-state index contributed by atoms with van der Waals surface area (Å²) in [4.78, 5) is 15.1. The Hall–Kier alpha value is -1.07. The zero-order chi connectivity index (χ0) is 11.4. The fourth-order valence-corrected chi connectivity index (χ4v) is 2.71. The number of piperidine rings is 1. The number of hydrogen-bond donors (Lipinski definition) is 2. The maximum atomic E-state index is 11.0. The van der Waals surface area contributed by atoms with Crippen LogP contribution in [0.1, 0.15) is 12.0 Å². The first kappa shape index (κ1) is 11.4. The number of amides is 1. The van der Waals surface area contributed by atoms with Gasteiger partial charge in [0.25, 0.3) is 0 Å². The molecule has 5 heteroatoms. The van der Waals surface area contributed by atoms with E-state index in [-0.39, 0.29) is 11.2 Å². The molecule has 0 bridgehead atoms. The normalized spacial score (nSPS) is 25.2. The number of hydrogen-bond acceptors (Lipinski definition) is 4. The molecule has 0 spiro atoms. The molecule has 1 aromatic heterocycles. The fraction of sp³-hybridized carbons (Fsp3) is 0.455. The van der Waals surface area contributed by atoms with E-state index in [1.165, 1.54) is 5.56 Å². The van der Waals surface area contributed by atoms with Crippen molar-refractivity contribution in [2.24, 2.45) is 0 Å². The second-order valence-corrected chi connectivity index (χ2v) is 5.08. The summed E-state index contributed by atoms with van der Waals surface area (Å²) in [6, 6.07) is 3.94. The first-order valence-corrected chi connectivity index (χ1v) is 6.27.